The van der Waals surface area contributed by atoms with Gasteiger partial charge in [-0.05, 0) is 48.6 Å². The van der Waals surface area contributed by atoms with Crippen LogP contribution in [0.2, 0.25) is 0 Å². The summed E-state index contributed by atoms with van der Waals surface area (Å²) in [7, 11) is 1.62. The molecule has 0 bridgehead atoms. The molecule has 2 fully saturated rings. The fourth-order valence-corrected chi connectivity index (χ4v) is 5.62. The van der Waals surface area contributed by atoms with Crippen LogP contribution in [0.3, 0.4) is 0 Å². The molecular formula is C25H27N3O4. The molecule has 2 saturated heterocycles. The molecule has 2 aromatic rings. The number of nitrogens with one attached hydrogen (secondary N) is 2. The lowest BCUT2D eigenvalue weighted by atomic mass is 9.75. The van der Waals surface area contributed by atoms with Gasteiger partial charge >= 0.3 is 0 Å². The second kappa shape index (κ2) is 7.97. The van der Waals surface area contributed by atoms with Crippen molar-refractivity contribution in [2.45, 2.75) is 49.6 Å². The van der Waals surface area contributed by atoms with E-state index < -0.39 is 11.5 Å². The Hall–Kier alpha value is -3.35. The number of methoxy groups -OCH3 is 1. The lowest BCUT2D eigenvalue weighted by Crippen LogP contribution is -2.59. The molecule has 0 saturated carbocycles. The molecule has 0 aliphatic carbocycles. The van der Waals surface area contributed by atoms with Gasteiger partial charge in [-0.25, -0.2) is 0 Å². The topological polar surface area (TPSA) is 87.7 Å². The smallest absolute Gasteiger partial charge is 0.231 e. The maximum Gasteiger partial charge on any atom is 0.231 e. The van der Waals surface area contributed by atoms with E-state index in [1.54, 1.807) is 7.11 Å². The summed E-state index contributed by atoms with van der Waals surface area (Å²) in [6, 6.07) is 14.9. The van der Waals surface area contributed by atoms with Crippen molar-refractivity contribution in [3.63, 3.8) is 0 Å². The molecule has 0 aromatic heterocycles. The number of hydrogen-bond donors (Lipinski definition) is 2. The Labute approximate surface area is 187 Å². The third-order valence-corrected chi connectivity index (χ3v) is 7.06. The van der Waals surface area contributed by atoms with E-state index in [1.165, 1.54) is 0 Å². The zero-order chi connectivity index (χ0) is 22.3. The average Bonchev–Trinajstić information content (AvgIpc) is 3.18. The zero-order valence-corrected chi connectivity index (χ0v) is 18.1. The molecular weight excluding hydrogens is 406 g/mol. The number of likely N-dealkylation sites (tertiary alicyclic amines) is 1. The van der Waals surface area contributed by atoms with Crippen LogP contribution in [0, 0.1) is 0 Å². The number of para-hydroxylation sites is 1. The summed E-state index contributed by atoms with van der Waals surface area (Å²) in [6.07, 6.45) is 2.90. The van der Waals surface area contributed by atoms with Crippen LogP contribution < -0.4 is 15.4 Å². The molecule has 3 aliphatic heterocycles. The second-order valence-corrected chi connectivity index (χ2v) is 8.91. The predicted octanol–water partition coefficient (Wildman–Crippen LogP) is 3.13. The third-order valence-electron chi connectivity index (χ3n) is 7.06. The Balaban J connectivity index is 1.56. The summed E-state index contributed by atoms with van der Waals surface area (Å²) in [5.41, 5.74) is 2.02. The molecule has 166 valence electrons. The van der Waals surface area contributed by atoms with Crippen LogP contribution in [0.25, 0.3) is 0 Å². The van der Waals surface area contributed by atoms with Crippen molar-refractivity contribution in [3.8, 4) is 5.75 Å². The maximum atomic E-state index is 14.0. The second-order valence-electron chi connectivity index (χ2n) is 8.91. The summed E-state index contributed by atoms with van der Waals surface area (Å²) in [6.45, 7) is 0.591. The largest absolute Gasteiger partial charge is 0.497 e. The fourth-order valence-electron chi connectivity index (χ4n) is 5.62. The van der Waals surface area contributed by atoms with Crippen LogP contribution in [0.15, 0.2) is 48.5 Å². The molecule has 3 aliphatic rings. The number of rotatable bonds is 3. The van der Waals surface area contributed by atoms with Gasteiger partial charge in [0.05, 0.1) is 24.6 Å². The van der Waals surface area contributed by atoms with Gasteiger partial charge in [-0.2, -0.15) is 0 Å². The van der Waals surface area contributed by atoms with Crippen LogP contribution in [-0.4, -0.2) is 41.8 Å². The minimum atomic E-state index is -0.534. The number of fused-ring (bicyclic) bond motifs is 1. The lowest BCUT2D eigenvalue weighted by molar-refractivity contribution is -0.141. The Bertz CT molecular complexity index is 1070. The van der Waals surface area contributed by atoms with Crippen molar-refractivity contribution in [1.82, 2.24) is 10.2 Å². The van der Waals surface area contributed by atoms with Gasteiger partial charge in [0.2, 0.25) is 17.7 Å². The van der Waals surface area contributed by atoms with Gasteiger partial charge < -0.3 is 20.3 Å². The van der Waals surface area contributed by atoms with E-state index >= 15 is 0 Å². The molecule has 0 radical (unpaired) electrons. The van der Waals surface area contributed by atoms with E-state index in [2.05, 4.69) is 10.6 Å². The molecule has 2 N–H and O–H groups in total. The van der Waals surface area contributed by atoms with Crippen molar-refractivity contribution >= 4 is 23.4 Å². The van der Waals surface area contributed by atoms with Crippen LogP contribution in [0.5, 0.6) is 5.75 Å². The van der Waals surface area contributed by atoms with Gasteiger partial charge in [-0.3, -0.25) is 14.4 Å². The molecule has 5 rings (SSSR count). The monoisotopic (exact) mass is 433 g/mol. The maximum absolute atomic E-state index is 14.0. The van der Waals surface area contributed by atoms with Crippen LogP contribution in [-0.2, 0) is 14.4 Å². The number of hydrogen-bond acceptors (Lipinski definition) is 4. The van der Waals surface area contributed by atoms with E-state index in [0.29, 0.717) is 25.1 Å². The summed E-state index contributed by atoms with van der Waals surface area (Å²) >= 11 is 0. The van der Waals surface area contributed by atoms with Gasteiger partial charge in [-0.1, -0.05) is 30.3 Å². The number of ether oxygens (including phenoxy) is 1. The van der Waals surface area contributed by atoms with Gasteiger partial charge in [-0.15, -0.1) is 0 Å². The molecule has 32 heavy (non-hydrogen) atoms. The molecule has 7 nitrogen and oxygen atoms in total. The van der Waals surface area contributed by atoms with E-state index in [1.807, 2.05) is 53.4 Å². The van der Waals surface area contributed by atoms with Crippen LogP contribution in [0.1, 0.15) is 55.2 Å². The number of carbonyl (C=O) groups is 3. The SMILES string of the molecule is COc1ccc([C@H]2N(C(=O)[C@@H]3CC(=O)Nc4ccccc43)CCC[C@]23CCC(=O)N3)cc1. The fraction of sp³-hybridized carbons (Fsp3) is 0.400. The van der Waals surface area contributed by atoms with Crippen LogP contribution >= 0.6 is 0 Å². The summed E-state index contributed by atoms with van der Waals surface area (Å²) in [5.74, 6) is 0.0234. The Morgan fingerprint density at radius 2 is 1.84 bits per heavy atom. The summed E-state index contributed by atoms with van der Waals surface area (Å²) in [4.78, 5) is 40.6. The standard InChI is InChI=1S/C25H27N3O4/c1-32-17-9-7-16(8-10-17)23-25(13-11-21(29)27-25)12-4-14-28(23)24(31)19-15-22(30)26-20-6-3-2-5-18(19)20/h2-3,5-10,19,23H,4,11-15H2,1H3,(H,26,30)(H,27,29)/t19-,23-,25+/m1/s1. The van der Waals surface area contributed by atoms with Gasteiger partial charge in [0, 0.05) is 25.1 Å². The molecule has 0 unspecified atom stereocenters. The molecule has 7 heteroatoms. The normalized spacial score (nSPS) is 27.0. The molecule has 2 aromatic carbocycles. The van der Waals surface area contributed by atoms with Gasteiger partial charge in [0.15, 0.2) is 0 Å². The van der Waals surface area contributed by atoms with Crippen molar-refractivity contribution < 1.29 is 19.1 Å². The quantitative estimate of drug-likeness (QED) is 0.779. The van der Waals surface area contributed by atoms with Gasteiger partial charge in [0.1, 0.15) is 5.75 Å². The number of benzene rings is 2. The number of carbonyl (C=O) groups excluding carboxylic acids is 3. The van der Waals surface area contributed by atoms with Crippen molar-refractivity contribution in [2.24, 2.45) is 0 Å². The first-order valence-electron chi connectivity index (χ1n) is 11.1. The lowest BCUT2D eigenvalue weighted by Gasteiger charge is -2.49. The Morgan fingerprint density at radius 1 is 1.06 bits per heavy atom. The highest BCUT2D eigenvalue weighted by Crippen LogP contribution is 2.46. The van der Waals surface area contributed by atoms with Crippen molar-refractivity contribution in [3.05, 3.63) is 59.7 Å². The molecule has 3 atom stereocenters. The van der Waals surface area contributed by atoms with E-state index in [4.69, 9.17) is 4.74 Å². The predicted molar refractivity (Wildman–Crippen MR) is 119 cm³/mol. The van der Waals surface area contributed by atoms with E-state index in [0.717, 1.165) is 29.7 Å². The van der Waals surface area contributed by atoms with Gasteiger partial charge in [0.25, 0.3) is 0 Å². The number of nitrogens with zero attached hydrogens (tertiary/aromatic N) is 1. The average molecular weight is 434 g/mol. The number of anilines is 1. The van der Waals surface area contributed by atoms with E-state index in [9.17, 15) is 14.4 Å². The minimum Gasteiger partial charge on any atom is -0.497 e. The van der Waals surface area contributed by atoms with Crippen molar-refractivity contribution in [1.29, 1.82) is 0 Å². The zero-order valence-electron chi connectivity index (χ0n) is 18.1. The van der Waals surface area contributed by atoms with Crippen LogP contribution in [0.4, 0.5) is 5.69 Å². The highest BCUT2D eigenvalue weighted by molar-refractivity contribution is 6.01. The first-order chi connectivity index (χ1) is 15.5. The highest BCUT2D eigenvalue weighted by atomic mass is 16.5. The highest BCUT2D eigenvalue weighted by Gasteiger charge is 2.51. The first-order valence-corrected chi connectivity index (χ1v) is 11.1. The third kappa shape index (κ3) is 3.42. The summed E-state index contributed by atoms with van der Waals surface area (Å²) < 4.78 is 5.32. The minimum absolute atomic E-state index is 0.0280. The Kier molecular flexibility index (Phi) is 5.12. The van der Waals surface area contributed by atoms with E-state index in [-0.39, 0.29) is 30.2 Å². The molecule has 1 spiro atoms. The Morgan fingerprint density at radius 3 is 2.56 bits per heavy atom. The first kappa shape index (κ1) is 20.5. The molecule has 3 heterocycles. The number of amides is 3. The van der Waals surface area contributed by atoms with Crippen molar-refractivity contribution in [2.75, 3.05) is 19.0 Å². The summed E-state index contributed by atoms with van der Waals surface area (Å²) in [5, 5.41) is 6.10. The molecule has 3 amide bonds. The number of piperidine rings is 1.